The second-order valence-corrected chi connectivity index (χ2v) is 5.01. The Morgan fingerprint density at radius 2 is 2.27 bits per heavy atom. The molecule has 0 aromatic carbocycles. The molecular weight excluding hydrogens is 214 g/mol. The van der Waals surface area contributed by atoms with Crippen molar-refractivity contribution in [2.75, 3.05) is 24.7 Å². The second kappa shape index (κ2) is 4.40. The molecule has 5 nitrogen and oxygen atoms in total. The minimum Gasteiger partial charge on any atom is -0.369 e. The van der Waals surface area contributed by atoms with E-state index in [4.69, 9.17) is 5.73 Å². The Morgan fingerprint density at radius 3 is 2.80 bits per heavy atom. The number of nitrogens with one attached hydrogen (secondary N) is 1. The molecule has 2 fully saturated rings. The van der Waals surface area contributed by atoms with Crippen LogP contribution in [0.15, 0.2) is 0 Å². The Labute approximate surface area is 92.7 Å². The van der Waals surface area contributed by atoms with Gasteiger partial charge in [-0.2, -0.15) is 0 Å². The van der Waals surface area contributed by atoms with Gasteiger partial charge in [-0.05, 0) is 6.42 Å². The van der Waals surface area contributed by atoms with E-state index >= 15 is 0 Å². The van der Waals surface area contributed by atoms with E-state index in [1.165, 1.54) is 0 Å². The van der Waals surface area contributed by atoms with E-state index in [1.807, 2.05) is 4.90 Å². The van der Waals surface area contributed by atoms with Crippen molar-refractivity contribution in [2.45, 2.75) is 12.5 Å². The Kier molecular flexibility index (Phi) is 3.16. The minimum absolute atomic E-state index is 0.115. The minimum atomic E-state index is -0.311. The molecular formula is C9H15N3O2S. The molecule has 2 atom stereocenters. The Hall–Kier alpha value is -0.750. The third kappa shape index (κ3) is 2.26. The zero-order valence-corrected chi connectivity index (χ0v) is 9.26. The van der Waals surface area contributed by atoms with Gasteiger partial charge in [-0.3, -0.25) is 9.59 Å². The van der Waals surface area contributed by atoms with Gasteiger partial charge in [0.2, 0.25) is 11.8 Å². The standard InChI is InChI=1S/C9H15N3O2S/c10-8(13)6-3-7(11-4-6)9(14)12-1-2-15-5-12/h6-7,11H,1-5H2,(H2,10,13). The van der Waals surface area contributed by atoms with Gasteiger partial charge in [-0.1, -0.05) is 0 Å². The summed E-state index contributed by atoms with van der Waals surface area (Å²) in [5.74, 6) is 1.40. The first-order chi connectivity index (χ1) is 7.18. The van der Waals surface area contributed by atoms with Gasteiger partial charge < -0.3 is 16.0 Å². The molecule has 2 aliphatic heterocycles. The van der Waals surface area contributed by atoms with Crippen LogP contribution in [0.25, 0.3) is 0 Å². The number of carbonyl (C=O) groups is 2. The van der Waals surface area contributed by atoms with E-state index in [-0.39, 0.29) is 23.8 Å². The lowest BCUT2D eigenvalue weighted by atomic mass is 10.0. The van der Waals surface area contributed by atoms with Crippen LogP contribution < -0.4 is 11.1 Å². The molecule has 2 heterocycles. The summed E-state index contributed by atoms with van der Waals surface area (Å²) in [6, 6.07) is -0.207. The Balaban J connectivity index is 1.89. The van der Waals surface area contributed by atoms with E-state index in [2.05, 4.69) is 5.32 Å². The van der Waals surface area contributed by atoms with Crippen LogP contribution in [-0.2, 0) is 9.59 Å². The summed E-state index contributed by atoms with van der Waals surface area (Å²) in [5.41, 5.74) is 5.21. The van der Waals surface area contributed by atoms with Crippen LogP contribution in [0.2, 0.25) is 0 Å². The number of amides is 2. The molecule has 0 saturated carbocycles. The molecule has 0 aromatic heterocycles. The molecule has 0 radical (unpaired) electrons. The fraction of sp³-hybridized carbons (Fsp3) is 0.778. The maximum absolute atomic E-state index is 11.9. The number of hydrogen-bond donors (Lipinski definition) is 2. The summed E-state index contributed by atoms with van der Waals surface area (Å²) in [6.07, 6.45) is 0.551. The third-order valence-electron chi connectivity index (χ3n) is 2.90. The van der Waals surface area contributed by atoms with Gasteiger partial charge >= 0.3 is 0 Å². The SMILES string of the molecule is NC(=O)C1CNC(C(=O)N2CCSC2)C1. The van der Waals surface area contributed by atoms with Gasteiger partial charge in [0.15, 0.2) is 0 Å². The number of nitrogens with two attached hydrogens (primary N) is 1. The molecule has 0 aliphatic carbocycles. The maximum Gasteiger partial charge on any atom is 0.240 e. The van der Waals surface area contributed by atoms with Crippen molar-refractivity contribution in [3.63, 3.8) is 0 Å². The average Bonchev–Trinajstić information content (AvgIpc) is 2.88. The van der Waals surface area contributed by atoms with Crippen LogP contribution in [-0.4, -0.2) is 47.5 Å². The molecule has 0 spiro atoms. The predicted octanol–water partition coefficient (Wildman–Crippen LogP) is -1.02. The Bertz CT molecular complexity index is 279. The molecule has 2 rings (SSSR count). The molecule has 2 unspecified atom stereocenters. The van der Waals surface area contributed by atoms with Crippen LogP contribution in [0.5, 0.6) is 0 Å². The van der Waals surface area contributed by atoms with Gasteiger partial charge in [0.1, 0.15) is 0 Å². The van der Waals surface area contributed by atoms with Gasteiger partial charge in [-0.15, -0.1) is 11.8 Å². The largest absolute Gasteiger partial charge is 0.369 e. The van der Waals surface area contributed by atoms with Crippen LogP contribution >= 0.6 is 11.8 Å². The first-order valence-corrected chi connectivity index (χ1v) is 6.23. The molecule has 2 amide bonds. The smallest absolute Gasteiger partial charge is 0.240 e. The van der Waals surface area contributed by atoms with Crippen molar-refractivity contribution >= 4 is 23.6 Å². The van der Waals surface area contributed by atoms with Crippen molar-refractivity contribution in [3.8, 4) is 0 Å². The van der Waals surface area contributed by atoms with Gasteiger partial charge in [0.25, 0.3) is 0 Å². The number of thioether (sulfide) groups is 1. The number of hydrogen-bond acceptors (Lipinski definition) is 4. The molecule has 2 aliphatic rings. The van der Waals surface area contributed by atoms with Gasteiger partial charge in [0.05, 0.1) is 17.8 Å². The van der Waals surface area contributed by atoms with Crippen LogP contribution in [0, 0.1) is 5.92 Å². The third-order valence-corrected chi connectivity index (χ3v) is 3.86. The fourth-order valence-electron chi connectivity index (χ4n) is 1.95. The molecule has 0 bridgehead atoms. The highest BCUT2D eigenvalue weighted by Gasteiger charge is 2.35. The van der Waals surface area contributed by atoms with E-state index < -0.39 is 0 Å². The quantitative estimate of drug-likeness (QED) is 0.636. The van der Waals surface area contributed by atoms with Crippen LogP contribution in [0.4, 0.5) is 0 Å². The summed E-state index contributed by atoms with van der Waals surface area (Å²) >= 11 is 1.76. The van der Waals surface area contributed by atoms with E-state index in [0.717, 1.165) is 18.2 Å². The summed E-state index contributed by atoms with van der Waals surface area (Å²) < 4.78 is 0. The predicted molar refractivity (Wildman–Crippen MR) is 58.1 cm³/mol. The highest BCUT2D eigenvalue weighted by Crippen LogP contribution is 2.19. The van der Waals surface area contributed by atoms with Crippen LogP contribution in [0.3, 0.4) is 0 Å². The lowest BCUT2D eigenvalue weighted by Crippen LogP contribution is -2.42. The van der Waals surface area contributed by atoms with E-state index in [0.29, 0.717) is 13.0 Å². The zero-order valence-electron chi connectivity index (χ0n) is 8.44. The van der Waals surface area contributed by atoms with Crippen molar-refractivity contribution in [1.29, 1.82) is 0 Å². The van der Waals surface area contributed by atoms with E-state index in [9.17, 15) is 9.59 Å². The fourth-order valence-corrected chi connectivity index (χ4v) is 2.90. The van der Waals surface area contributed by atoms with Crippen molar-refractivity contribution < 1.29 is 9.59 Å². The number of rotatable bonds is 2. The highest BCUT2D eigenvalue weighted by atomic mass is 32.2. The Morgan fingerprint density at radius 1 is 1.47 bits per heavy atom. The summed E-state index contributed by atoms with van der Waals surface area (Å²) in [4.78, 5) is 24.7. The second-order valence-electron chi connectivity index (χ2n) is 3.93. The van der Waals surface area contributed by atoms with Crippen LogP contribution in [0.1, 0.15) is 6.42 Å². The topological polar surface area (TPSA) is 75.4 Å². The van der Waals surface area contributed by atoms with Crippen molar-refractivity contribution in [1.82, 2.24) is 10.2 Å². The van der Waals surface area contributed by atoms with Gasteiger partial charge in [-0.25, -0.2) is 0 Å². The van der Waals surface area contributed by atoms with E-state index in [1.54, 1.807) is 11.8 Å². The number of nitrogens with zero attached hydrogens (tertiary/aromatic N) is 1. The summed E-state index contributed by atoms with van der Waals surface area (Å²) in [6.45, 7) is 1.36. The highest BCUT2D eigenvalue weighted by molar-refractivity contribution is 7.99. The molecule has 84 valence electrons. The average molecular weight is 229 g/mol. The van der Waals surface area contributed by atoms with Gasteiger partial charge in [0, 0.05) is 18.8 Å². The normalized spacial score (nSPS) is 30.8. The molecule has 2 saturated heterocycles. The molecule has 15 heavy (non-hydrogen) atoms. The lowest BCUT2D eigenvalue weighted by molar-refractivity contribution is -0.131. The molecule has 6 heteroatoms. The monoisotopic (exact) mass is 229 g/mol. The summed E-state index contributed by atoms with van der Waals surface area (Å²) in [7, 11) is 0. The first kappa shape index (κ1) is 10.8. The zero-order chi connectivity index (χ0) is 10.8. The maximum atomic E-state index is 11.9. The number of carbonyl (C=O) groups excluding carboxylic acids is 2. The summed E-state index contributed by atoms with van der Waals surface area (Å²) in [5, 5.41) is 3.06. The molecule has 3 N–H and O–H groups in total. The lowest BCUT2D eigenvalue weighted by Gasteiger charge is -2.18. The molecule has 0 aromatic rings. The number of primary amides is 1. The van der Waals surface area contributed by atoms with Crippen molar-refractivity contribution in [3.05, 3.63) is 0 Å². The van der Waals surface area contributed by atoms with Crippen molar-refractivity contribution in [2.24, 2.45) is 11.7 Å². The first-order valence-electron chi connectivity index (χ1n) is 5.07.